The number of hydrogen-bond acceptors (Lipinski definition) is 4. The third-order valence-corrected chi connectivity index (χ3v) is 2.35. The predicted molar refractivity (Wildman–Crippen MR) is 112 cm³/mol. The summed E-state index contributed by atoms with van der Waals surface area (Å²) in [4.78, 5) is 8.00. The summed E-state index contributed by atoms with van der Waals surface area (Å²) in [6, 6.07) is 0.485. The summed E-state index contributed by atoms with van der Waals surface area (Å²) in [5.74, 6) is 0.592. The molecule has 0 aliphatic rings. The van der Waals surface area contributed by atoms with Gasteiger partial charge >= 0.3 is 0 Å². The van der Waals surface area contributed by atoms with Gasteiger partial charge in [-0.3, -0.25) is 0 Å². The van der Waals surface area contributed by atoms with Crippen LogP contribution in [0.5, 0.6) is 0 Å². The maximum absolute atomic E-state index is 9.71. The molecular weight excluding hydrogens is 302 g/mol. The standard InChI is InChI=1S/C11H25NO.C3H6.2C2H6.CH4O.CH2O/c1-5-6-10(12-4)8-11(13)7-9(2)3;1-3-2;4*1-2/h9-13H,5-8H2,1-4H3;3H,1H2,2H3;2*1-2H3;2H,1H3;1H2. The molecule has 152 valence electrons. The number of hydrogen-bond donors (Lipinski definition) is 3. The van der Waals surface area contributed by atoms with Gasteiger partial charge in [-0.15, -0.1) is 6.58 Å². The lowest BCUT2D eigenvalue weighted by molar-refractivity contribution is -0.0980. The van der Waals surface area contributed by atoms with Crippen LogP contribution in [0.4, 0.5) is 0 Å². The van der Waals surface area contributed by atoms with Gasteiger partial charge in [-0.2, -0.15) is 0 Å². The zero-order valence-corrected chi connectivity index (χ0v) is 18.4. The third-order valence-electron chi connectivity index (χ3n) is 2.35. The molecule has 0 rings (SSSR count). The van der Waals surface area contributed by atoms with Crippen molar-refractivity contribution in [3.63, 3.8) is 0 Å². The van der Waals surface area contributed by atoms with E-state index in [0.717, 1.165) is 26.4 Å². The van der Waals surface area contributed by atoms with Gasteiger partial charge in [-0.25, -0.2) is 0 Å². The molecule has 0 saturated carbocycles. The lowest BCUT2D eigenvalue weighted by Gasteiger charge is -2.20. The Morgan fingerprint density at radius 1 is 1.04 bits per heavy atom. The van der Waals surface area contributed by atoms with E-state index in [1.54, 1.807) is 6.08 Å². The van der Waals surface area contributed by atoms with Crippen molar-refractivity contribution in [1.82, 2.24) is 5.32 Å². The van der Waals surface area contributed by atoms with Crippen LogP contribution in [0.15, 0.2) is 12.7 Å². The van der Waals surface area contributed by atoms with Crippen LogP contribution in [0.1, 0.15) is 81.1 Å². The first kappa shape index (κ1) is 38.7. The number of aliphatic hydroxyl groups is 2. The molecule has 2 atom stereocenters. The van der Waals surface area contributed by atoms with Gasteiger partial charge in [0, 0.05) is 13.2 Å². The van der Waals surface area contributed by atoms with Crippen LogP contribution < -0.4 is 5.32 Å². The van der Waals surface area contributed by atoms with Gasteiger partial charge < -0.3 is 20.3 Å². The first-order valence-corrected chi connectivity index (χ1v) is 9.17. The van der Waals surface area contributed by atoms with Gasteiger partial charge in [0.25, 0.3) is 0 Å². The Labute approximate surface area is 153 Å². The van der Waals surface area contributed by atoms with Crippen LogP contribution in [-0.4, -0.2) is 43.3 Å². The smallest absolute Gasteiger partial charge is 0.106 e. The van der Waals surface area contributed by atoms with Crippen LogP contribution in [0.3, 0.4) is 0 Å². The Morgan fingerprint density at radius 2 is 1.38 bits per heavy atom. The summed E-state index contributed by atoms with van der Waals surface area (Å²) in [6.45, 7) is 21.7. The monoisotopic (exact) mass is 351 g/mol. The van der Waals surface area contributed by atoms with Crippen molar-refractivity contribution in [2.24, 2.45) is 5.92 Å². The fraction of sp³-hybridized carbons (Fsp3) is 0.850. The van der Waals surface area contributed by atoms with E-state index in [9.17, 15) is 5.11 Å². The highest BCUT2D eigenvalue weighted by atomic mass is 16.3. The van der Waals surface area contributed by atoms with Crippen LogP contribution in [0.2, 0.25) is 0 Å². The van der Waals surface area contributed by atoms with E-state index in [1.165, 1.54) is 6.42 Å². The molecule has 0 aromatic rings. The second-order valence-corrected chi connectivity index (χ2v) is 4.70. The molecule has 4 heteroatoms. The summed E-state index contributed by atoms with van der Waals surface area (Å²) in [7, 11) is 2.97. The Balaban J connectivity index is -0.0000000616. The fourth-order valence-electron chi connectivity index (χ4n) is 1.70. The highest BCUT2D eigenvalue weighted by Gasteiger charge is 2.12. The Hall–Kier alpha value is -0.710. The molecule has 0 aromatic carbocycles. The SMILES string of the molecule is C=CC.C=O.CC.CC.CCCC(CC(O)CC(C)C)NC.CO. The lowest BCUT2D eigenvalue weighted by Crippen LogP contribution is -2.30. The molecule has 0 fully saturated rings. The number of aliphatic hydroxyl groups excluding tert-OH is 2. The zero-order chi connectivity index (χ0) is 21.0. The van der Waals surface area contributed by atoms with Crippen molar-refractivity contribution in [3.05, 3.63) is 12.7 Å². The Bertz CT molecular complexity index is 165. The van der Waals surface area contributed by atoms with Crippen molar-refractivity contribution < 1.29 is 15.0 Å². The van der Waals surface area contributed by atoms with Crippen LogP contribution in [0, 0.1) is 5.92 Å². The van der Waals surface area contributed by atoms with E-state index < -0.39 is 0 Å². The molecule has 0 radical (unpaired) electrons. The van der Waals surface area contributed by atoms with Gasteiger partial charge in [0.2, 0.25) is 0 Å². The molecule has 4 nitrogen and oxygen atoms in total. The van der Waals surface area contributed by atoms with Crippen molar-refractivity contribution in [2.75, 3.05) is 14.2 Å². The highest BCUT2D eigenvalue weighted by molar-refractivity contribution is 5.10. The van der Waals surface area contributed by atoms with Gasteiger partial charge in [0.15, 0.2) is 0 Å². The van der Waals surface area contributed by atoms with Crippen molar-refractivity contribution in [3.8, 4) is 0 Å². The van der Waals surface area contributed by atoms with Crippen molar-refractivity contribution in [1.29, 1.82) is 0 Å². The Kier molecular flexibility index (Phi) is 79.8. The van der Waals surface area contributed by atoms with E-state index in [2.05, 4.69) is 32.7 Å². The topological polar surface area (TPSA) is 69.6 Å². The quantitative estimate of drug-likeness (QED) is 0.574. The van der Waals surface area contributed by atoms with E-state index >= 15 is 0 Å². The van der Waals surface area contributed by atoms with E-state index in [4.69, 9.17) is 9.90 Å². The maximum Gasteiger partial charge on any atom is 0.106 e. The first-order valence-electron chi connectivity index (χ1n) is 9.17. The molecule has 0 saturated heterocycles. The molecule has 0 aromatic heterocycles. The van der Waals surface area contributed by atoms with Crippen molar-refractivity contribution >= 4 is 6.79 Å². The van der Waals surface area contributed by atoms with E-state index in [-0.39, 0.29) is 6.10 Å². The molecule has 0 spiro atoms. The predicted octanol–water partition coefficient (Wildman–Crippen LogP) is 4.84. The van der Waals surface area contributed by atoms with Crippen LogP contribution in [0.25, 0.3) is 0 Å². The molecule has 3 N–H and O–H groups in total. The summed E-state index contributed by atoms with van der Waals surface area (Å²) in [5.41, 5.74) is 0. The molecule has 0 bridgehead atoms. The zero-order valence-electron chi connectivity index (χ0n) is 18.4. The highest BCUT2D eigenvalue weighted by Crippen LogP contribution is 2.12. The van der Waals surface area contributed by atoms with Gasteiger partial charge in [0.1, 0.15) is 6.79 Å². The minimum Gasteiger partial charge on any atom is -0.400 e. The van der Waals surface area contributed by atoms with Crippen molar-refractivity contribution in [2.45, 2.75) is 93.2 Å². The second kappa shape index (κ2) is 49.5. The third kappa shape index (κ3) is 58.0. The average Bonchev–Trinajstić information content (AvgIpc) is 2.61. The molecule has 24 heavy (non-hydrogen) atoms. The van der Waals surface area contributed by atoms with Gasteiger partial charge in [-0.1, -0.05) is 61.0 Å². The number of carbonyl (C=O) groups excluding carboxylic acids is 1. The summed E-state index contributed by atoms with van der Waals surface area (Å²) >= 11 is 0. The summed E-state index contributed by atoms with van der Waals surface area (Å²) < 4.78 is 0. The minimum atomic E-state index is -0.135. The number of allylic oxidation sites excluding steroid dienone is 1. The number of rotatable bonds is 7. The fourth-order valence-corrected chi connectivity index (χ4v) is 1.70. The maximum atomic E-state index is 9.71. The molecular formula is C20H49NO3. The average molecular weight is 352 g/mol. The molecule has 0 amide bonds. The van der Waals surface area contributed by atoms with Crippen LogP contribution >= 0.6 is 0 Å². The van der Waals surface area contributed by atoms with Crippen LogP contribution in [-0.2, 0) is 4.79 Å². The molecule has 0 aliphatic heterocycles. The van der Waals surface area contributed by atoms with E-state index in [0.29, 0.717) is 12.0 Å². The van der Waals surface area contributed by atoms with Gasteiger partial charge in [-0.05, 0) is 39.2 Å². The molecule has 0 heterocycles. The number of nitrogens with one attached hydrogen (secondary N) is 1. The van der Waals surface area contributed by atoms with E-state index in [1.807, 2.05) is 48.5 Å². The second-order valence-electron chi connectivity index (χ2n) is 4.70. The largest absolute Gasteiger partial charge is 0.400 e. The number of carbonyl (C=O) groups is 1. The minimum absolute atomic E-state index is 0.135. The first-order chi connectivity index (χ1) is 11.5. The lowest BCUT2D eigenvalue weighted by atomic mass is 9.98. The summed E-state index contributed by atoms with van der Waals surface area (Å²) in [6.07, 6.45) is 5.76. The normalized spacial score (nSPS) is 10.2. The van der Waals surface area contributed by atoms with Gasteiger partial charge in [0.05, 0.1) is 6.10 Å². The molecule has 0 aliphatic carbocycles. The summed E-state index contributed by atoms with van der Waals surface area (Å²) in [5, 5.41) is 20.0. The molecule has 2 unspecified atom stereocenters. The Morgan fingerprint density at radius 3 is 1.58 bits per heavy atom.